The van der Waals surface area contributed by atoms with Gasteiger partial charge in [-0.2, -0.15) is 0 Å². The van der Waals surface area contributed by atoms with Crippen LogP contribution < -0.4 is 0 Å². The molecule has 1 aliphatic heterocycles. The van der Waals surface area contributed by atoms with E-state index in [1.54, 1.807) is 0 Å². The van der Waals surface area contributed by atoms with Crippen molar-refractivity contribution in [1.82, 2.24) is 4.90 Å². The van der Waals surface area contributed by atoms with Crippen LogP contribution in [-0.4, -0.2) is 18.0 Å². The van der Waals surface area contributed by atoms with E-state index in [-0.39, 0.29) is 0 Å². The zero-order valence-electron chi connectivity index (χ0n) is 10.0. The van der Waals surface area contributed by atoms with E-state index in [0.717, 1.165) is 18.4 Å². The summed E-state index contributed by atoms with van der Waals surface area (Å²) in [5.74, 6) is 1.77. The average molecular weight is 203 g/mol. The van der Waals surface area contributed by atoms with Gasteiger partial charge in [0.1, 0.15) is 0 Å². The maximum atomic E-state index is 2.54. The van der Waals surface area contributed by atoms with Crippen molar-refractivity contribution >= 4 is 0 Å². The molecule has 2 rings (SSSR count). The zero-order valence-corrected chi connectivity index (χ0v) is 10.0. The van der Waals surface area contributed by atoms with Crippen LogP contribution >= 0.6 is 0 Å². The van der Waals surface area contributed by atoms with Crippen LogP contribution in [0.25, 0.3) is 0 Å². The number of hydrogen-bond acceptors (Lipinski definition) is 1. The topological polar surface area (TPSA) is 3.24 Å². The van der Waals surface area contributed by atoms with Gasteiger partial charge in [0.2, 0.25) is 0 Å². The molecular formula is C14H21N. The molecule has 0 atom stereocenters. The third-order valence-electron chi connectivity index (χ3n) is 3.42. The van der Waals surface area contributed by atoms with Crippen molar-refractivity contribution in [3.05, 3.63) is 35.4 Å². The maximum Gasteiger partial charge on any atom is 0.0234 e. The Morgan fingerprint density at radius 3 is 2.67 bits per heavy atom. The lowest BCUT2D eigenvalue weighted by Crippen LogP contribution is -2.48. The summed E-state index contributed by atoms with van der Waals surface area (Å²) < 4.78 is 0. The van der Waals surface area contributed by atoms with E-state index in [2.05, 4.69) is 49.9 Å². The molecule has 1 heterocycles. The van der Waals surface area contributed by atoms with Crippen LogP contribution in [0, 0.1) is 18.8 Å². The molecule has 15 heavy (non-hydrogen) atoms. The number of benzene rings is 1. The summed E-state index contributed by atoms with van der Waals surface area (Å²) in [4.78, 5) is 2.54. The third kappa shape index (κ3) is 2.60. The van der Waals surface area contributed by atoms with Gasteiger partial charge in [-0.25, -0.2) is 0 Å². The lowest BCUT2D eigenvalue weighted by atomic mass is 9.88. The Kier molecular flexibility index (Phi) is 3.11. The number of aryl methyl sites for hydroxylation is 1. The minimum Gasteiger partial charge on any atom is -0.298 e. The van der Waals surface area contributed by atoms with Crippen molar-refractivity contribution in [3.8, 4) is 0 Å². The molecule has 1 aromatic rings. The first-order valence-corrected chi connectivity index (χ1v) is 5.93. The summed E-state index contributed by atoms with van der Waals surface area (Å²) in [6.45, 7) is 10.5. The molecule has 1 saturated heterocycles. The van der Waals surface area contributed by atoms with Crippen molar-refractivity contribution in [2.45, 2.75) is 27.3 Å². The number of likely N-dealkylation sites (tertiary alicyclic amines) is 1. The molecule has 1 fully saturated rings. The van der Waals surface area contributed by atoms with Gasteiger partial charge >= 0.3 is 0 Å². The standard InChI is InChI=1S/C14H21N/c1-11(2)14-9-15(10-14)8-13-6-4-5-12(3)7-13/h4-7,11,14H,8-10H2,1-3H3. The van der Waals surface area contributed by atoms with Gasteiger partial charge in [0, 0.05) is 19.6 Å². The molecule has 82 valence electrons. The van der Waals surface area contributed by atoms with Crippen molar-refractivity contribution in [2.24, 2.45) is 11.8 Å². The van der Waals surface area contributed by atoms with Crippen LogP contribution in [0.15, 0.2) is 24.3 Å². The zero-order chi connectivity index (χ0) is 10.8. The number of nitrogens with zero attached hydrogens (tertiary/aromatic N) is 1. The molecule has 0 bridgehead atoms. The Morgan fingerprint density at radius 1 is 1.33 bits per heavy atom. The van der Waals surface area contributed by atoms with Crippen molar-refractivity contribution < 1.29 is 0 Å². The first-order chi connectivity index (χ1) is 7.15. The van der Waals surface area contributed by atoms with E-state index in [1.165, 1.54) is 24.2 Å². The van der Waals surface area contributed by atoms with E-state index in [0.29, 0.717) is 0 Å². The molecule has 1 aliphatic rings. The smallest absolute Gasteiger partial charge is 0.0234 e. The van der Waals surface area contributed by atoms with Crippen molar-refractivity contribution in [1.29, 1.82) is 0 Å². The minimum atomic E-state index is 0.846. The van der Waals surface area contributed by atoms with Crippen LogP contribution in [0.2, 0.25) is 0 Å². The average Bonchev–Trinajstić information content (AvgIpc) is 2.10. The van der Waals surface area contributed by atoms with Gasteiger partial charge in [-0.05, 0) is 24.3 Å². The molecule has 0 spiro atoms. The molecular weight excluding hydrogens is 182 g/mol. The highest BCUT2D eigenvalue weighted by Gasteiger charge is 2.28. The van der Waals surface area contributed by atoms with Gasteiger partial charge < -0.3 is 0 Å². The fourth-order valence-corrected chi connectivity index (χ4v) is 2.23. The third-order valence-corrected chi connectivity index (χ3v) is 3.42. The molecule has 0 aliphatic carbocycles. The summed E-state index contributed by atoms with van der Waals surface area (Å²) in [5, 5.41) is 0. The van der Waals surface area contributed by atoms with Gasteiger partial charge in [-0.1, -0.05) is 43.7 Å². The predicted molar refractivity (Wildman–Crippen MR) is 64.8 cm³/mol. The van der Waals surface area contributed by atoms with Gasteiger partial charge in [0.15, 0.2) is 0 Å². The summed E-state index contributed by atoms with van der Waals surface area (Å²) in [6.07, 6.45) is 0. The highest BCUT2D eigenvalue weighted by Crippen LogP contribution is 2.24. The summed E-state index contributed by atoms with van der Waals surface area (Å²) >= 11 is 0. The summed E-state index contributed by atoms with van der Waals surface area (Å²) in [7, 11) is 0. The number of hydrogen-bond donors (Lipinski definition) is 0. The van der Waals surface area contributed by atoms with Crippen LogP contribution in [0.4, 0.5) is 0 Å². The Balaban J connectivity index is 1.85. The molecule has 0 unspecified atom stereocenters. The Morgan fingerprint density at radius 2 is 2.07 bits per heavy atom. The van der Waals surface area contributed by atoms with E-state index < -0.39 is 0 Å². The van der Waals surface area contributed by atoms with E-state index in [9.17, 15) is 0 Å². The van der Waals surface area contributed by atoms with Crippen LogP contribution in [-0.2, 0) is 6.54 Å². The van der Waals surface area contributed by atoms with Crippen molar-refractivity contribution in [3.63, 3.8) is 0 Å². The lowest BCUT2D eigenvalue weighted by Gasteiger charge is -2.41. The first kappa shape index (κ1) is 10.7. The Labute approximate surface area is 93.1 Å². The minimum absolute atomic E-state index is 0.846. The molecule has 0 N–H and O–H groups in total. The molecule has 0 aromatic heterocycles. The maximum absolute atomic E-state index is 2.54. The van der Waals surface area contributed by atoms with Gasteiger partial charge in [0.25, 0.3) is 0 Å². The quantitative estimate of drug-likeness (QED) is 0.729. The molecule has 1 heteroatoms. The fraction of sp³-hybridized carbons (Fsp3) is 0.571. The van der Waals surface area contributed by atoms with E-state index in [4.69, 9.17) is 0 Å². The normalized spacial score (nSPS) is 18.1. The second-order valence-corrected chi connectivity index (χ2v) is 5.19. The molecule has 1 nitrogen and oxygen atoms in total. The molecule has 0 saturated carbocycles. The molecule has 1 aromatic carbocycles. The van der Waals surface area contributed by atoms with Crippen LogP contribution in [0.5, 0.6) is 0 Å². The first-order valence-electron chi connectivity index (χ1n) is 5.93. The summed E-state index contributed by atoms with van der Waals surface area (Å²) in [6, 6.07) is 8.85. The highest BCUT2D eigenvalue weighted by atomic mass is 15.2. The second kappa shape index (κ2) is 4.36. The largest absolute Gasteiger partial charge is 0.298 e. The van der Waals surface area contributed by atoms with Gasteiger partial charge in [-0.3, -0.25) is 4.90 Å². The highest BCUT2D eigenvalue weighted by molar-refractivity contribution is 5.22. The molecule has 0 amide bonds. The Bertz CT molecular complexity index is 324. The van der Waals surface area contributed by atoms with Gasteiger partial charge in [-0.15, -0.1) is 0 Å². The molecule has 0 radical (unpaired) electrons. The van der Waals surface area contributed by atoms with Crippen LogP contribution in [0.3, 0.4) is 0 Å². The van der Waals surface area contributed by atoms with Gasteiger partial charge in [0.05, 0.1) is 0 Å². The second-order valence-electron chi connectivity index (χ2n) is 5.19. The van der Waals surface area contributed by atoms with E-state index >= 15 is 0 Å². The van der Waals surface area contributed by atoms with Crippen LogP contribution in [0.1, 0.15) is 25.0 Å². The predicted octanol–water partition coefficient (Wildman–Crippen LogP) is 3.08. The SMILES string of the molecule is Cc1cccc(CN2CC(C(C)C)C2)c1. The van der Waals surface area contributed by atoms with E-state index in [1.807, 2.05) is 0 Å². The van der Waals surface area contributed by atoms with Crippen molar-refractivity contribution in [2.75, 3.05) is 13.1 Å². The Hall–Kier alpha value is -0.820. The lowest BCUT2D eigenvalue weighted by molar-refractivity contribution is 0.0614. The monoisotopic (exact) mass is 203 g/mol. The fourth-order valence-electron chi connectivity index (χ4n) is 2.23. The summed E-state index contributed by atoms with van der Waals surface area (Å²) in [5.41, 5.74) is 2.82. The number of rotatable bonds is 3.